The number of thiophene rings is 1. The minimum absolute atomic E-state index is 0.157. The summed E-state index contributed by atoms with van der Waals surface area (Å²) in [4.78, 5) is 2.75. The van der Waals surface area contributed by atoms with Gasteiger partial charge in [0, 0.05) is 15.5 Å². The monoisotopic (exact) mass is 226 g/mol. The molecule has 0 saturated heterocycles. The lowest BCUT2D eigenvalue weighted by Crippen LogP contribution is -1.96. The van der Waals surface area contributed by atoms with Crippen molar-refractivity contribution in [1.29, 1.82) is 0 Å². The van der Waals surface area contributed by atoms with Gasteiger partial charge in [-0.15, -0.1) is 11.3 Å². The van der Waals surface area contributed by atoms with Crippen LogP contribution in [0, 0.1) is 5.92 Å². The normalized spacial score (nSPS) is 23.2. The van der Waals surface area contributed by atoms with Crippen LogP contribution in [-0.2, 0) is 12.2 Å². The van der Waals surface area contributed by atoms with E-state index in [9.17, 15) is 5.11 Å². The zero-order valence-electron chi connectivity index (χ0n) is 8.03. The molecule has 2 aliphatic rings. The summed E-state index contributed by atoms with van der Waals surface area (Å²) in [6, 6.07) is 2.25. The summed E-state index contributed by atoms with van der Waals surface area (Å²) in [6.45, 7) is 0. The molecule has 0 radical (unpaired) electrons. The highest BCUT2D eigenvalue weighted by atomic mass is 32.2. The molecule has 1 aromatic heterocycles. The summed E-state index contributed by atoms with van der Waals surface area (Å²) in [7, 11) is 0. The quantitative estimate of drug-likeness (QED) is 0.836. The molecule has 1 N–H and O–H groups in total. The van der Waals surface area contributed by atoms with Crippen LogP contribution in [0.2, 0.25) is 0 Å². The topological polar surface area (TPSA) is 20.2 Å². The van der Waals surface area contributed by atoms with Crippen LogP contribution in [0.4, 0.5) is 0 Å². The molecule has 14 heavy (non-hydrogen) atoms. The Kier molecular flexibility index (Phi) is 2.34. The van der Waals surface area contributed by atoms with Crippen LogP contribution in [0.3, 0.4) is 0 Å². The first kappa shape index (κ1) is 9.25. The number of rotatable bonds is 2. The maximum absolute atomic E-state index is 10.0. The van der Waals surface area contributed by atoms with Crippen molar-refractivity contribution < 1.29 is 5.11 Å². The maximum atomic E-state index is 10.0. The summed E-state index contributed by atoms with van der Waals surface area (Å²) in [6.07, 6.45) is 3.49. The van der Waals surface area contributed by atoms with Crippen molar-refractivity contribution in [2.24, 2.45) is 5.92 Å². The van der Waals surface area contributed by atoms with Crippen molar-refractivity contribution >= 4 is 23.1 Å². The average Bonchev–Trinajstić information content (AvgIpc) is 2.95. The summed E-state index contributed by atoms with van der Waals surface area (Å²) in [5.41, 5.74) is 1.49. The predicted molar refractivity (Wildman–Crippen MR) is 61.9 cm³/mol. The van der Waals surface area contributed by atoms with E-state index >= 15 is 0 Å². The third-order valence-electron chi connectivity index (χ3n) is 3.01. The standard InChI is InChI=1S/C11H14OS2/c12-11(7-1-2-7)10-5-8-6-13-4-3-9(8)14-10/h5,7,11-12H,1-4,6H2. The minimum Gasteiger partial charge on any atom is -0.387 e. The molecule has 1 aliphatic heterocycles. The van der Waals surface area contributed by atoms with Gasteiger partial charge in [0.05, 0.1) is 6.10 Å². The van der Waals surface area contributed by atoms with E-state index in [0.29, 0.717) is 5.92 Å². The Morgan fingerprint density at radius 1 is 1.43 bits per heavy atom. The largest absolute Gasteiger partial charge is 0.387 e. The number of aliphatic hydroxyl groups is 1. The molecule has 1 atom stereocenters. The third-order valence-corrected chi connectivity index (χ3v) is 5.32. The molecule has 2 heterocycles. The predicted octanol–water partition coefficient (Wildman–Crippen LogP) is 2.98. The zero-order chi connectivity index (χ0) is 9.54. The first-order chi connectivity index (χ1) is 6.84. The van der Waals surface area contributed by atoms with Crippen molar-refractivity contribution in [1.82, 2.24) is 0 Å². The highest BCUT2D eigenvalue weighted by molar-refractivity contribution is 7.98. The fourth-order valence-corrected chi connectivity index (χ4v) is 4.42. The van der Waals surface area contributed by atoms with Crippen molar-refractivity contribution in [2.75, 3.05) is 5.75 Å². The second-order valence-electron chi connectivity index (χ2n) is 4.18. The molecule has 0 bridgehead atoms. The highest BCUT2D eigenvalue weighted by Gasteiger charge is 2.32. The molecule has 1 aliphatic carbocycles. The fraction of sp³-hybridized carbons (Fsp3) is 0.636. The molecule has 3 rings (SSSR count). The van der Waals surface area contributed by atoms with Crippen LogP contribution >= 0.6 is 23.1 Å². The Balaban J connectivity index is 1.87. The van der Waals surface area contributed by atoms with E-state index in [-0.39, 0.29) is 6.10 Å². The van der Waals surface area contributed by atoms with E-state index in [4.69, 9.17) is 0 Å². The van der Waals surface area contributed by atoms with Gasteiger partial charge >= 0.3 is 0 Å². The molecule has 0 aromatic carbocycles. The molecule has 3 heteroatoms. The lowest BCUT2D eigenvalue weighted by Gasteiger charge is -2.08. The zero-order valence-corrected chi connectivity index (χ0v) is 9.66. The van der Waals surface area contributed by atoms with Gasteiger partial charge in [-0.1, -0.05) is 0 Å². The Labute approximate surface area is 92.5 Å². The van der Waals surface area contributed by atoms with Gasteiger partial charge in [-0.3, -0.25) is 0 Å². The van der Waals surface area contributed by atoms with E-state index in [1.165, 1.54) is 40.3 Å². The summed E-state index contributed by atoms with van der Waals surface area (Å²) in [5, 5.41) is 10.0. The van der Waals surface area contributed by atoms with Crippen LogP contribution in [0.5, 0.6) is 0 Å². The summed E-state index contributed by atoms with van der Waals surface area (Å²) < 4.78 is 0. The number of hydrogen-bond acceptors (Lipinski definition) is 3. The van der Waals surface area contributed by atoms with Crippen LogP contribution in [-0.4, -0.2) is 10.9 Å². The molecule has 1 saturated carbocycles. The van der Waals surface area contributed by atoms with Gasteiger partial charge in [-0.05, 0) is 42.6 Å². The maximum Gasteiger partial charge on any atom is 0.0910 e. The fourth-order valence-electron chi connectivity index (χ4n) is 1.96. The number of aryl methyl sites for hydroxylation is 1. The number of aliphatic hydroxyl groups excluding tert-OH is 1. The van der Waals surface area contributed by atoms with Gasteiger partial charge in [0.15, 0.2) is 0 Å². The lowest BCUT2D eigenvalue weighted by molar-refractivity contribution is 0.157. The molecular formula is C11H14OS2. The molecule has 76 valence electrons. The molecule has 1 aromatic rings. The SMILES string of the molecule is OC(c1cc2c(s1)CCSC2)C1CC1. The second kappa shape index (κ2) is 3.54. The molecule has 1 fully saturated rings. The van der Waals surface area contributed by atoms with Crippen LogP contribution in [0.25, 0.3) is 0 Å². The molecule has 1 unspecified atom stereocenters. The van der Waals surface area contributed by atoms with Gasteiger partial charge in [0.25, 0.3) is 0 Å². The van der Waals surface area contributed by atoms with Gasteiger partial charge in [0.1, 0.15) is 0 Å². The lowest BCUT2D eigenvalue weighted by atomic mass is 10.1. The number of hydrogen-bond donors (Lipinski definition) is 1. The van der Waals surface area contributed by atoms with E-state index < -0.39 is 0 Å². The highest BCUT2D eigenvalue weighted by Crippen LogP contribution is 2.44. The summed E-state index contributed by atoms with van der Waals surface area (Å²) >= 11 is 3.86. The van der Waals surface area contributed by atoms with Gasteiger partial charge < -0.3 is 5.11 Å². The van der Waals surface area contributed by atoms with Crippen LogP contribution in [0.1, 0.15) is 34.3 Å². The van der Waals surface area contributed by atoms with Crippen molar-refractivity contribution in [2.45, 2.75) is 31.1 Å². The van der Waals surface area contributed by atoms with Crippen molar-refractivity contribution in [3.8, 4) is 0 Å². The Bertz CT molecular complexity index is 318. The first-order valence-corrected chi connectivity index (χ1v) is 7.19. The van der Waals surface area contributed by atoms with Crippen LogP contribution in [0.15, 0.2) is 6.07 Å². The number of thioether (sulfide) groups is 1. The molecule has 0 spiro atoms. The van der Waals surface area contributed by atoms with E-state index in [0.717, 1.165) is 5.75 Å². The van der Waals surface area contributed by atoms with E-state index in [2.05, 4.69) is 6.07 Å². The van der Waals surface area contributed by atoms with E-state index in [1.807, 2.05) is 23.1 Å². The smallest absolute Gasteiger partial charge is 0.0910 e. The van der Waals surface area contributed by atoms with Crippen molar-refractivity contribution in [3.63, 3.8) is 0 Å². The van der Waals surface area contributed by atoms with Gasteiger partial charge in [-0.25, -0.2) is 0 Å². The second-order valence-corrected chi connectivity index (χ2v) is 6.46. The molecular weight excluding hydrogens is 212 g/mol. The summed E-state index contributed by atoms with van der Waals surface area (Å²) in [5.74, 6) is 2.98. The average molecular weight is 226 g/mol. The minimum atomic E-state index is -0.157. The third kappa shape index (κ3) is 1.62. The van der Waals surface area contributed by atoms with E-state index in [1.54, 1.807) is 0 Å². The first-order valence-electron chi connectivity index (χ1n) is 5.22. The Morgan fingerprint density at radius 2 is 2.29 bits per heavy atom. The van der Waals surface area contributed by atoms with Gasteiger partial charge in [-0.2, -0.15) is 11.8 Å². The van der Waals surface area contributed by atoms with Gasteiger partial charge in [0.2, 0.25) is 0 Å². The Hall–Kier alpha value is 0.01000. The molecule has 1 nitrogen and oxygen atoms in total. The Morgan fingerprint density at radius 3 is 3.00 bits per heavy atom. The van der Waals surface area contributed by atoms with Crippen molar-refractivity contribution in [3.05, 3.63) is 21.4 Å². The van der Waals surface area contributed by atoms with Crippen LogP contribution < -0.4 is 0 Å². The number of fused-ring (bicyclic) bond motifs is 1. The molecule has 0 amide bonds.